The summed E-state index contributed by atoms with van der Waals surface area (Å²) in [6.07, 6.45) is -8.82. The lowest BCUT2D eigenvalue weighted by molar-refractivity contribution is -0.390. The zero-order valence-electron chi connectivity index (χ0n) is 8.20. The number of nitro groups is 1. The van der Waals surface area contributed by atoms with Crippen molar-refractivity contribution in [2.75, 3.05) is 0 Å². The van der Waals surface area contributed by atoms with E-state index in [2.05, 4.69) is 4.98 Å². The highest BCUT2D eigenvalue weighted by atomic mass is 19.4. The van der Waals surface area contributed by atoms with E-state index in [9.17, 15) is 32.1 Å². The summed E-state index contributed by atoms with van der Waals surface area (Å²) in [5.74, 6) is -1.41. The lowest BCUT2D eigenvalue weighted by atomic mass is 10.0. The third kappa shape index (κ3) is 2.34. The minimum absolute atomic E-state index is 0.0481. The third-order valence-electron chi connectivity index (χ3n) is 1.89. The summed E-state index contributed by atoms with van der Waals surface area (Å²) >= 11 is 0. The molecular formula is C8H2F5N3O2. The van der Waals surface area contributed by atoms with Crippen molar-refractivity contribution in [1.82, 2.24) is 4.98 Å². The van der Waals surface area contributed by atoms with Crippen molar-refractivity contribution in [3.8, 4) is 6.07 Å². The smallest absolute Gasteiger partial charge is 0.358 e. The Kier molecular flexibility index (Phi) is 3.45. The second-order valence-electron chi connectivity index (χ2n) is 2.95. The van der Waals surface area contributed by atoms with E-state index in [1.165, 1.54) is 0 Å². The number of hydrogen-bond donors (Lipinski definition) is 0. The Morgan fingerprint density at radius 1 is 1.44 bits per heavy atom. The largest absolute Gasteiger partial charge is 0.418 e. The van der Waals surface area contributed by atoms with Gasteiger partial charge in [0, 0.05) is 0 Å². The second-order valence-corrected chi connectivity index (χ2v) is 2.95. The summed E-state index contributed by atoms with van der Waals surface area (Å²) in [5.41, 5.74) is -5.11. The molecule has 1 heterocycles. The van der Waals surface area contributed by atoms with Crippen LogP contribution in [-0.2, 0) is 6.18 Å². The van der Waals surface area contributed by atoms with Gasteiger partial charge in [0.05, 0.1) is 11.1 Å². The maximum absolute atomic E-state index is 12.6. The standard InChI is InChI=1S/C8H2F5N3O2/c9-6(10)4-2-15-7(16(17)18)3(1-14)5(4)8(11,12)13/h2,6H. The summed E-state index contributed by atoms with van der Waals surface area (Å²) < 4.78 is 62.5. The molecule has 0 aliphatic carbocycles. The van der Waals surface area contributed by atoms with E-state index >= 15 is 0 Å². The van der Waals surface area contributed by atoms with Gasteiger partial charge in [0.1, 0.15) is 12.3 Å². The first-order valence-corrected chi connectivity index (χ1v) is 4.12. The Labute approximate surface area is 95.6 Å². The summed E-state index contributed by atoms with van der Waals surface area (Å²) in [6, 6.07) is 0.890. The van der Waals surface area contributed by atoms with Gasteiger partial charge < -0.3 is 10.1 Å². The minimum Gasteiger partial charge on any atom is -0.358 e. The van der Waals surface area contributed by atoms with Crippen molar-refractivity contribution in [2.45, 2.75) is 12.6 Å². The Hall–Kier alpha value is -2.31. The van der Waals surface area contributed by atoms with Crippen LogP contribution in [0.5, 0.6) is 0 Å². The topological polar surface area (TPSA) is 79.8 Å². The number of nitrogens with zero attached hydrogens (tertiary/aromatic N) is 3. The van der Waals surface area contributed by atoms with Crippen LogP contribution in [0.1, 0.15) is 23.1 Å². The van der Waals surface area contributed by atoms with Gasteiger partial charge in [-0.3, -0.25) is 0 Å². The summed E-state index contributed by atoms with van der Waals surface area (Å²) in [5, 5.41) is 18.9. The van der Waals surface area contributed by atoms with E-state index in [0.717, 1.165) is 6.07 Å². The van der Waals surface area contributed by atoms with Crippen LogP contribution in [0.25, 0.3) is 0 Å². The molecular weight excluding hydrogens is 265 g/mol. The lowest BCUT2D eigenvalue weighted by Crippen LogP contribution is -2.15. The number of halogens is 5. The molecule has 0 aliphatic rings. The minimum atomic E-state index is -5.31. The average Bonchev–Trinajstić information content (AvgIpc) is 2.25. The number of pyridine rings is 1. The van der Waals surface area contributed by atoms with Crippen LogP contribution in [-0.4, -0.2) is 9.91 Å². The number of nitriles is 1. The van der Waals surface area contributed by atoms with Crippen molar-refractivity contribution in [1.29, 1.82) is 5.26 Å². The molecule has 0 aromatic carbocycles. The number of rotatable bonds is 2. The van der Waals surface area contributed by atoms with Crippen molar-refractivity contribution in [3.05, 3.63) is 33.0 Å². The molecule has 5 nitrogen and oxygen atoms in total. The average molecular weight is 267 g/mol. The molecule has 10 heteroatoms. The fourth-order valence-corrected chi connectivity index (χ4v) is 1.23. The highest BCUT2D eigenvalue weighted by Crippen LogP contribution is 2.40. The molecule has 1 rings (SSSR count). The van der Waals surface area contributed by atoms with Crippen LogP contribution in [0.3, 0.4) is 0 Å². The summed E-state index contributed by atoms with van der Waals surface area (Å²) in [4.78, 5) is 11.9. The van der Waals surface area contributed by atoms with Crippen LogP contribution in [0.2, 0.25) is 0 Å². The number of aromatic nitrogens is 1. The molecule has 0 amide bonds. The van der Waals surface area contributed by atoms with Crippen LogP contribution in [0.4, 0.5) is 27.8 Å². The molecule has 0 unspecified atom stereocenters. The van der Waals surface area contributed by atoms with Crippen molar-refractivity contribution in [3.63, 3.8) is 0 Å². The molecule has 18 heavy (non-hydrogen) atoms. The molecule has 0 fully saturated rings. The van der Waals surface area contributed by atoms with Crippen LogP contribution < -0.4 is 0 Å². The second kappa shape index (κ2) is 4.52. The highest BCUT2D eigenvalue weighted by molar-refractivity contribution is 5.53. The Bertz CT molecular complexity index is 535. The normalized spacial score (nSPS) is 11.4. The Balaban J connectivity index is 3.75. The quantitative estimate of drug-likeness (QED) is 0.468. The Morgan fingerprint density at radius 3 is 2.33 bits per heavy atom. The van der Waals surface area contributed by atoms with Gasteiger partial charge in [-0.2, -0.15) is 18.4 Å². The molecule has 0 N–H and O–H groups in total. The van der Waals surface area contributed by atoms with Crippen molar-refractivity contribution >= 4 is 5.82 Å². The van der Waals surface area contributed by atoms with Crippen LogP contribution in [0, 0.1) is 21.4 Å². The monoisotopic (exact) mass is 267 g/mol. The zero-order chi connectivity index (χ0) is 14.1. The molecule has 1 aromatic heterocycles. The van der Waals surface area contributed by atoms with Gasteiger partial charge in [0.15, 0.2) is 5.56 Å². The fourth-order valence-electron chi connectivity index (χ4n) is 1.23. The van der Waals surface area contributed by atoms with Crippen LogP contribution in [0.15, 0.2) is 6.20 Å². The Morgan fingerprint density at radius 2 is 2.00 bits per heavy atom. The van der Waals surface area contributed by atoms with Crippen LogP contribution >= 0.6 is 0 Å². The molecule has 0 radical (unpaired) electrons. The molecule has 0 spiro atoms. The molecule has 0 saturated heterocycles. The summed E-state index contributed by atoms with van der Waals surface area (Å²) in [6.45, 7) is 0. The predicted octanol–water partition coefficient (Wildman–Crippen LogP) is 2.82. The molecule has 1 aromatic rings. The van der Waals surface area contributed by atoms with E-state index in [1.807, 2.05) is 0 Å². The zero-order valence-corrected chi connectivity index (χ0v) is 8.20. The first-order chi connectivity index (χ1) is 8.20. The van der Waals surface area contributed by atoms with Crippen molar-refractivity contribution < 1.29 is 26.9 Å². The first kappa shape index (κ1) is 13.8. The molecule has 0 bridgehead atoms. The van der Waals surface area contributed by atoms with Gasteiger partial charge in [-0.05, 0) is 9.91 Å². The van der Waals surface area contributed by atoms with Gasteiger partial charge in [-0.15, -0.1) is 0 Å². The fraction of sp³-hybridized carbons (Fsp3) is 0.250. The maximum atomic E-state index is 12.6. The predicted molar refractivity (Wildman–Crippen MR) is 45.6 cm³/mol. The SMILES string of the molecule is N#Cc1c([N+](=O)[O-])ncc(C(F)F)c1C(F)(F)F. The molecule has 0 saturated carbocycles. The first-order valence-electron chi connectivity index (χ1n) is 4.12. The van der Waals surface area contributed by atoms with Gasteiger partial charge in [0.25, 0.3) is 6.43 Å². The van der Waals surface area contributed by atoms with Gasteiger partial charge in [-0.25, -0.2) is 8.78 Å². The van der Waals surface area contributed by atoms with E-state index in [4.69, 9.17) is 5.26 Å². The molecule has 0 atom stereocenters. The van der Waals surface area contributed by atoms with E-state index < -0.39 is 40.0 Å². The van der Waals surface area contributed by atoms with E-state index in [-0.39, 0.29) is 6.20 Å². The van der Waals surface area contributed by atoms with Gasteiger partial charge in [-0.1, -0.05) is 0 Å². The van der Waals surface area contributed by atoms with Crippen molar-refractivity contribution in [2.24, 2.45) is 0 Å². The number of alkyl halides is 5. The third-order valence-corrected chi connectivity index (χ3v) is 1.89. The van der Waals surface area contributed by atoms with Gasteiger partial charge in [0.2, 0.25) is 0 Å². The highest BCUT2D eigenvalue weighted by Gasteiger charge is 2.43. The van der Waals surface area contributed by atoms with Gasteiger partial charge >= 0.3 is 12.0 Å². The van der Waals surface area contributed by atoms with E-state index in [0.29, 0.717) is 0 Å². The number of hydrogen-bond acceptors (Lipinski definition) is 4. The summed E-state index contributed by atoms with van der Waals surface area (Å²) in [7, 11) is 0. The molecule has 96 valence electrons. The molecule has 0 aliphatic heterocycles. The maximum Gasteiger partial charge on any atom is 0.418 e. The van der Waals surface area contributed by atoms with E-state index in [1.54, 1.807) is 0 Å². The lowest BCUT2D eigenvalue weighted by Gasteiger charge is -2.12.